The van der Waals surface area contributed by atoms with Gasteiger partial charge in [-0.1, -0.05) is 6.08 Å². The van der Waals surface area contributed by atoms with Gasteiger partial charge < -0.3 is 19.8 Å². The van der Waals surface area contributed by atoms with Gasteiger partial charge in [-0.3, -0.25) is 19.5 Å². The number of nitrogens with zero attached hydrogens (tertiary/aromatic N) is 2. The van der Waals surface area contributed by atoms with Gasteiger partial charge in [0.25, 0.3) is 11.6 Å². The monoisotopic (exact) mass is 368 g/mol. The lowest BCUT2D eigenvalue weighted by molar-refractivity contribution is -0.385. The molecule has 3 rings (SSSR count). The molecular weight excluding hydrogens is 351 g/mol. The van der Waals surface area contributed by atoms with Gasteiger partial charge in [0.1, 0.15) is 5.56 Å². The second-order valence-electron chi connectivity index (χ2n) is 6.36. The fourth-order valence-corrected chi connectivity index (χ4v) is 4.06. The second kappa shape index (κ2) is 5.74. The molecule has 1 aliphatic carbocycles. The van der Waals surface area contributed by atoms with Crippen molar-refractivity contribution in [2.24, 2.45) is 0 Å². The molecule has 3 N–H and O–H groups in total. The third-order valence-electron chi connectivity index (χ3n) is 4.80. The zero-order chi connectivity index (χ0) is 18.6. The highest BCUT2D eigenvalue weighted by Crippen LogP contribution is 2.56. The minimum atomic E-state index is -4.67. The lowest BCUT2D eigenvalue weighted by Gasteiger charge is -2.32. The van der Waals surface area contributed by atoms with Gasteiger partial charge in [0.05, 0.1) is 4.92 Å². The van der Waals surface area contributed by atoms with Crippen molar-refractivity contribution in [1.82, 2.24) is 4.90 Å². The molecular formula is C15H17N2O7P. The first-order valence-electron chi connectivity index (χ1n) is 7.58. The maximum Gasteiger partial charge on any atom is 0.357 e. The molecule has 0 saturated carbocycles. The van der Waals surface area contributed by atoms with Crippen molar-refractivity contribution in [2.75, 3.05) is 7.05 Å². The van der Waals surface area contributed by atoms with Crippen LogP contribution in [0.5, 0.6) is 0 Å². The minimum Gasteiger partial charge on any atom is -0.377 e. The Morgan fingerprint density at radius 2 is 2.04 bits per heavy atom. The SMILES string of the molecule is CN1Cc2c(C3=CCC(O)(P(=O)(O)O)CC3)ccc([N+](=O)[O-])c2C1=O. The summed E-state index contributed by atoms with van der Waals surface area (Å²) in [5.74, 6) is -0.424. The first kappa shape index (κ1) is 17.8. The Labute approximate surface area is 142 Å². The van der Waals surface area contributed by atoms with Crippen LogP contribution in [0.4, 0.5) is 5.69 Å². The van der Waals surface area contributed by atoms with Gasteiger partial charge in [-0.2, -0.15) is 0 Å². The standard InChI is InChI=1S/C15H17N2O7P/c1-16-8-11-10(2-3-12(17(20)21)13(11)14(16)18)9-4-6-15(19,7-5-9)25(22,23)24/h2-4,19H,5-8H2,1H3,(H2,22,23,24). The zero-order valence-corrected chi connectivity index (χ0v) is 14.3. The molecule has 1 aromatic rings. The molecule has 1 aliphatic heterocycles. The van der Waals surface area contributed by atoms with Crippen LogP contribution in [0, 0.1) is 10.1 Å². The minimum absolute atomic E-state index is 0.0572. The fraction of sp³-hybridized carbons (Fsp3) is 0.400. The van der Waals surface area contributed by atoms with Crippen molar-refractivity contribution < 1.29 is 29.2 Å². The van der Waals surface area contributed by atoms with Gasteiger partial charge in [-0.05, 0) is 35.6 Å². The smallest absolute Gasteiger partial charge is 0.357 e. The van der Waals surface area contributed by atoms with Gasteiger partial charge in [0, 0.05) is 26.1 Å². The fourth-order valence-electron chi connectivity index (χ4n) is 3.33. The third kappa shape index (κ3) is 2.79. The van der Waals surface area contributed by atoms with Gasteiger partial charge in [0.2, 0.25) is 0 Å². The van der Waals surface area contributed by atoms with Crippen LogP contribution in [-0.2, 0) is 11.1 Å². The number of carbonyl (C=O) groups excluding carboxylic acids is 1. The van der Waals surface area contributed by atoms with Crippen molar-refractivity contribution in [1.29, 1.82) is 0 Å². The average molecular weight is 368 g/mol. The quantitative estimate of drug-likeness (QED) is 0.418. The van der Waals surface area contributed by atoms with E-state index in [4.69, 9.17) is 0 Å². The Kier molecular flexibility index (Phi) is 4.08. The van der Waals surface area contributed by atoms with Gasteiger partial charge in [-0.25, -0.2) is 0 Å². The molecule has 10 heteroatoms. The summed E-state index contributed by atoms with van der Waals surface area (Å²) in [6.45, 7) is 0.227. The Bertz CT molecular complexity index is 860. The molecule has 0 saturated heterocycles. The molecule has 9 nitrogen and oxygen atoms in total. The highest BCUT2D eigenvalue weighted by molar-refractivity contribution is 7.53. The summed E-state index contributed by atoms with van der Waals surface area (Å²) in [5, 5.41) is 19.2. The number of fused-ring (bicyclic) bond motifs is 1. The number of rotatable bonds is 3. The van der Waals surface area contributed by atoms with E-state index in [1.807, 2.05) is 0 Å². The largest absolute Gasteiger partial charge is 0.377 e. The molecule has 2 aliphatic rings. The summed E-state index contributed by atoms with van der Waals surface area (Å²) in [6.07, 6.45) is 1.39. The summed E-state index contributed by atoms with van der Waals surface area (Å²) in [4.78, 5) is 42.8. The summed E-state index contributed by atoms with van der Waals surface area (Å²) >= 11 is 0. The van der Waals surface area contributed by atoms with Crippen molar-refractivity contribution in [3.63, 3.8) is 0 Å². The molecule has 1 aromatic carbocycles. The molecule has 1 unspecified atom stereocenters. The Morgan fingerprint density at radius 1 is 1.36 bits per heavy atom. The topological polar surface area (TPSA) is 141 Å². The highest BCUT2D eigenvalue weighted by atomic mass is 31.2. The number of allylic oxidation sites excluding steroid dienone is 1. The third-order valence-corrected chi connectivity index (χ3v) is 6.29. The summed E-state index contributed by atoms with van der Waals surface area (Å²) in [7, 11) is -3.12. The molecule has 0 spiro atoms. The van der Waals surface area contributed by atoms with Gasteiger partial charge >= 0.3 is 7.60 Å². The number of nitro benzene ring substituents is 1. The van der Waals surface area contributed by atoms with E-state index in [1.165, 1.54) is 17.0 Å². The normalized spacial score (nSPS) is 23.4. The second-order valence-corrected chi connectivity index (χ2v) is 8.28. The lowest BCUT2D eigenvalue weighted by atomic mass is 9.87. The molecule has 0 radical (unpaired) electrons. The number of nitro groups is 1. The molecule has 134 valence electrons. The van der Waals surface area contributed by atoms with E-state index in [0.29, 0.717) is 16.7 Å². The first-order chi connectivity index (χ1) is 11.5. The number of aliphatic hydroxyl groups is 1. The van der Waals surface area contributed by atoms with E-state index in [1.54, 1.807) is 13.1 Å². The molecule has 0 bridgehead atoms. The average Bonchev–Trinajstić information content (AvgIpc) is 2.82. The van der Waals surface area contributed by atoms with Crippen LogP contribution in [0.1, 0.15) is 40.7 Å². The summed E-state index contributed by atoms with van der Waals surface area (Å²) in [6, 6.07) is 2.83. The number of carbonyl (C=O) groups is 1. The van der Waals surface area contributed by atoms with Crippen LogP contribution in [-0.4, -0.2) is 43.0 Å². The number of amides is 1. The predicted octanol–water partition coefficient (Wildman–Crippen LogP) is 1.61. The maximum absolute atomic E-state index is 12.3. The number of benzene rings is 1. The Morgan fingerprint density at radius 3 is 2.56 bits per heavy atom. The first-order valence-corrected chi connectivity index (χ1v) is 9.19. The van der Waals surface area contributed by atoms with E-state index < -0.39 is 23.8 Å². The summed E-state index contributed by atoms with van der Waals surface area (Å²) in [5.41, 5.74) is 1.70. The van der Waals surface area contributed by atoms with Crippen LogP contribution in [0.2, 0.25) is 0 Å². The van der Waals surface area contributed by atoms with Crippen LogP contribution >= 0.6 is 7.60 Å². The molecule has 0 fully saturated rings. The van der Waals surface area contributed by atoms with Crippen LogP contribution in [0.25, 0.3) is 5.57 Å². The van der Waals surface area contributed by atoms with E-state index in [9.17, 15) is 34.4 Å². The van der Waals surface area contributed by atoms with E-state index in [0.717, 1.165) is 0 Å². The van der Waals surface area contributed by atoms with Crippen molar-refractivity contribution in [3.05, 3.63) is 45.0 Å². The number of hydrogen-bond acceptors (Lipinski definition) is 5. The van der Waals surface area contributed by atoms with Gasteiger partial charge in [-0.15, -0.1) is 0 Å². The van der Waals surface area contributed by atoms with E-state index in [-0.39, 0.29) is 37.1 Å². The van der Waals surface area contributed by atoms with Crippen LogP contribution in [0.3, 0.4) is 0 Å². The lowest BCUT2D eigenvalue weighted by Crippen LogP contribution is -2.30. The highest BCUT2D eigenvalue weighted by Gasteiger charge is 2.46. The number of hydrogen-bond donors (Lipinski definition) is 3. The molecule has 1 atom stereocenters. The molecule has 1 amide bonds. The van der Waals surface area contributed by atoms with E-state index in [2.05, 4.69) is 0 Å². The van der Waals surface area contributed by atoms with Crippen molar-refractivity contribution in [2.45, 2.75) is 31.1 Å². The molecule has 1 heterocycles. The summed E-state index contributed by atoms with van der Waals surface area (Å²) < 4.78 is 11.4. The van der Waals surface area contributed by atoms with E-state index >= 15 is 0 Å². The van der Waals surface area contributed by atoms with Crippen LogP contribution in [0.15, 0.2) is 18.2 Å². The maximum atomic E-state index is 12.3. The Balaban J connectivity index is 2.05. The van der Waals surface area contributed by atoms with Crippen molar-refractivity contribution >= 4 is 24.8 Å². The molecule has 0 aromatic heterocycles. The zero-order valence-electron chi connectivity index (χ0n) is 13.4. The van der Waals surface area contributed by atoms with Crippen LogP contribution < -0.4 is 0 Å². The van der Waals surface area contributed by atoms with Gasteiger partial charge in [0.15, 0.2) is 5.34 Å². The predicted molar refractivity (Wildman–Crippen MR) is 87.7 cm³/mol. The Hall–Kier alpha value is -2.06. The van der Waals surface area contributed by atoms with Crippen molar-refractivity contribution in [3.8, 4) is 0 Å². The molecule has 25 heavy (non-hydrogen) atoms.